The fourth-order valence-electron chi connectivity index (χ4n) is 4.45. The molecule has 7 atom stereocenters. The van der Waals surface area contributed by atoms with E-state index in [0.717, 1.165) is 0 Å². The molecule has 0 fully saturated rings. The Bertz CT molecular complexity index is 1290. The summed E-state index contributed by atoms with van der Waals surface area (Å²) in [5.74, 6) is -6.96. The highest BCUT2D eigenvalue weighted by molar-refractivity contribution is 5.97. The van der Waals surface area contributed by atoms with E-state index in [0.29, 0.717) is 5.69 Å². The molecule has 0 bridgehead atoms. The number of aliphatic carboxylic acids is 1. The Morgan fingerprint density at radius 3 is 1.42 bits per heavy atom. The van der Waals surface area contributed by atoms with Crippen LogP contribution in [-0.4, -0.2) is 134 Å². The van der Waals surface area contributed by atoms with Gasteiger partial charge in [-0.1, -0.05) is 27.7 Å². The topological polar surface area (TPSA) is 327 Å². The van der Waals surface area contributed by atoms with Crippen molar-refractivity contribution in [2.24, 2.45) is 17.6 Å². The van der Waals surface area contributed by atoms with Crippen molar-refractivity contribution in [2.45, 2.75) is 96.2 Å². The summed E-state index contributed by atoms with van der Waals surface area (Å²) in [6, 6.07) is -9.65. The number of carbonyl (C=O) groups is 7. The third kappa shape index (κ3) is 14.8. The first-order valence-electron chi connectivity index (χ1n) is 16.0. The van der Waals surface area contributed by atoms with Crippen molar-refractivity contribution in [1.82, 2.24) is 41.9 Å². The maximum atomic E-state index is 13.3. The third-order valence-corrected chi connectivity index (χ3v) is 7.19. The van der Waals surface area contributed by atoms with E-state index < -0.39 is 104 Å². The zero-order chi connectivity index (χ0) is 38.1. The standard InChI is InChI=1S/C30H51N9O11/c1-14(2)6-19(35-24(43)18(31)10-40)26(45)36-20(7-15(3)4)27(46)38-23(12-42)29(48)39-22(11-41)28(47)37-21(8-17-9-32-13-33-17)25(44)34-16(5)30(49)50/h9,13-16,18-23,40-42H,6-8,10-12,31H2,1-5H3,(H,32,33)(H,34,44)(H,35,43)(H,36,45)(H,37,47)(H,38,46)(H,39,48)(H,49,50)/t16-,18-,19-,20-,21-,22-,23-/m0/s1. The van der Waals surface area contributed by atoms with Gasteiger partial charge in [0.05, 0.1) is 26.1 Å². The predicted molar refractivity (Wildman–Crippen MR) is 175 cm³/mol. The molecule has 0 aromatic carbocycles. The smallest absolute Gasteiger partial charge is 0.325 e. The fourth-order valence-corrected chi connectivity index (χ4v) is 4.45. The highest BCUT2D eigenvalue weighted by Gasteiger charge is 2.33. The number of hydrogen-bond donors (Lipinski definition) is 12. The lowest BCUT2D eigenvalue weighted by Crippen LogP contribution is -2.61. The molecule has 20 nitrogen and oxygen atoms in total. The van der Waals surface area contributed by atoms with Gasteiger partial charge in [-0.05, 0) is 31.6 Å². The number of aliphatic hydroxyl groups excluding tert-OH is 3. The average Bonchev–Trinajstić information content (AvgIpc) is 3.56. The number of imidazole rings is 1. The van der Waals surface area contributed by atoms with Crippen LogP contribution in [0.4, 0.5) is 0 Å². The maximum Gasteiger partial charge on any atom is 0.325 e. The third-order valence-electron chi connectivity index (χ3n) is 7.19. The van der Waals surface area contributed by atoms with Gasteiger partial charge in [0.25, 0.3) is 0 Å². The highest BCUT2D eigenvalue weighted by atomic mass is 16.4. The molecule has 0 saturated heterocycles. The highest BCUT2D eigenvalue weighted by Crippen LogP contribution is 2.10. The van der Waals surface area contributed by atoms with Gasteiger partial charge in [0.15, 0.2) is 0 Å². The maximum absolute atomic E-state index is 13.3. The van der Waals surface area contributed by atoms with Crippen LogP contribution in [0, 0.1) is 11.8 Å². The molecule has 0 spiro atoms. The molecule has 1 heterocycles. The Morgan fingerprint density at radius 1 is 0.640 bits per heavy atom. The Morgan fingerprint density at radius 2 is 1.04 bits per heavy atom. The van der Waals surface area contributed by atoms with Crippen LogP contribution in [0.25, 0.3) is 0 Å². The van der Waals surface area contributed by atoms with Crippen LogP contribution in [0.15, 0.2) is 12.5 Å². The van der Waals surface area contributed by atoms with Gasteiger partial charge in [-0.25, -0.2) is 4.98 Å². The molecular weight excluding hydrogens is 662 g/mol. The summed E-state index contributed by atoms with van der Waals surface area (Å²) in [6.45, 7) is 5.77. The van der Waals surface area contributed by atoms with Crippen LogP contribution < -0.4 is 37.6 Å². The molecule has 20 heteroatoms. The van der Waals surface area contributed by atoms with Crippen molar-refractivity contribution in [1.29, 1.82) is 0 Å². The molecular formula is C30H51N9O11. The number of H-pyrrole nitrogens is 1. The summed E-state index contributed by atoms with van der Waals surface area (Å²) in [6.07, 6.45) is 2.78. The van der Waals surface area contributed by atoms with Gasteiger partial charge in [0, 0.05) is 18.3 Å². The molecule has 1 aromatic rings. The normalized spacial score (nSPS) is 15.4. The lowest BCUT2D eigenvalue weighted by atomic mass is 9.99. The Hall–Kier alpha value is -4.66. The minimum absolute atomic E-state index is 0.0728. The van der Waals surface area contributed by atoms with Crippen LogP contribution in [0.2, 0.25) is 0 Å². The molecule has 0 aliphatic rings. The first kappa shape index (κ1) is 43.4. The molecule has 0 saturated carbocycles. The zero-order valence-corrected chi connectivity index (χ0v) is 28.8. The lowest BCUT2D eigenvalue weighted by molar-refractivity contribution is -0.141. The van der Waals surface area contributed by atoms with E-state index in [1.165, 1.54) is 19.4 Å². The van der Waals surface area contributed by atoms with Crippen LogP contribution in [0.5, 0.6) is 0 Å². The number of nitrogens with two attached hydrogens (primary N) is 1. The first-order valence-corrected chi connectivity index (χ1v) is 16.0. The van der Waals surface area contributed by atoms with Crippen LogP contribution in [0.1, 0.15) is 53.2 Å². The quantitative estimate of drug-likeness (QED) is 0.0539. The number of carboxylic acids is 1. The van der Waals surface area contributed by atoms with Crippen LogP contribution in [-0.2, 0) is 40.0 Å². The molecule has 1 aromatic heterocycles. The van der Waals surface area contributed by atoms with E-state index in [1.807, 2.05) is 0 Å². The monoisotopic (exact) mass is 713 g/mol. The SMILES string of the molecule is CC(C)C[C@H](NC(=O)[C@H](CC(C)C)NC(=O)[C@@H](N)CO)C(=O)N[C@@H](CO)C(=O)N[C@@H](CO)C(=O)N[C@@H](Cc1cnc[nH]1)C(=O)N[C@@H](C)C(=O)O. The van der Waals surface area contributed by atoms with Gasteiger partial charge in [-0.2, -0.15) is 0 Å². The number of nitrogens with one attached hydrogen (secondary N) is 7. The van der Waals surface area contributed by atoms with Crippen LogP contribution in [0.3, 0.4) is 0 Å². The number of hydrogen-bond acceptors (Lipinski definition) is 12. The molecule has 13 N–H and O–H groups in total. The second-order valence-corrected chi connectivity index (χ2v) is 12.6. The molecule has 0 radical (unpaired) electrons. The number of carboxylic acid groups (broad SMARTS) is 1. The number of rotatable bonds is 22. The van der Waals surface area contributed by atoms with Crippen molar-refractivity contribution >= 4 is 41.4 Å². The van der Waals surface area contributed by atoms with E-state index in [-0.39, 0.29) is 31.1 Å². The number of carbonyl (C=O) groups excluding carboxylic acids is 6. The van der Waals surface area contributed by atoms with Crippen LogP contribution >= 0.6 is 0 Å². The predicted octanol–water partition coefficient (Wildman–Crippen LogP) is -4.64. The molecule has 50 heavy (non-hydrogen) atoms. The van der Waals surface area contributed by atoms with E-state index in [9.17, 15) is 48.9 Å². The van der Waals surface area contributed by atoms with Gasteiger partial charge in [-0.15, -0.1) is 0 Å². The number of aromatic amines is 1. The summed E-state index contributed by atoms with van der Waals surface area (Å²) in [4.78, 5) is 95.6. The second-order valence-electron chi connectivity index (χ2n) is 12.6. The zero-order valence-electron chi connectivity index (χ0n) is 28.8. The van der Waals surface area contributed by atoms with Crippen molar-refractivity contribution < 1.29 is 54.0 Å². The number of aromatic nitrogens is 2. The van der Waals surface area contributed by atoms with E-state index in [4.69, 9.17) is 10.8 Å². The number of amides is 6. The second kappa shape index (κ2) is 21.4. The molecule has 6 amide bonds. The van der Waals surface area contributed by atoms with Crippen molar-refractivity contribution in [3.8, 4) is 0 Å². The average molecular weight is 714 g/mol. The van der Waals surface area contributed by atoms with Crippen molar-refractivity contribution in [3.05, 3.63) is 18.2 Å². The van der Waals surface area contributed by atoms with Gasteiger partial charge in [0.2, 0.25) is 35.4 Å². The first-order chi connectivity index (χ1) is 23.4. The Balaban J connectivity index is 3.08. The molecule has 282 valence electrons. The Labute approximate surface area is 289 Å². The van der Waals surface area contributed by atoms with Gasteiger partial charge < -0.3 is 63.0 Å². The number of nitrogens with zero attached hydrogens (tertiary/aromatic N) is 1. The largest absolute Gasteiger partial charge is 0.480 e. The summed E-state index contributed by atoms with van der Waals surface area (Å²) in [7, 11) is 0. The van der Waals surface area contributed by atoms with Crippen molar-refractivity contribution in [2.75, 3.05) is 19.8 Å². The molecule has 0 unspecified atom stereocenters. The van der Waals surface area contributed by atoms with E-state index >= 15 is 0 Å². The molecule has 0 aliphatic carbocycles. The van der Waals surface area contributed by atoms with Gasteiger partial charge >= 0.3 is 5.97 Å². The van der Waals surface area contributed by atoms with E-state index in [1.54, 1.807) is 27.7 Å². The van der Waals surface area contributed by atoms with Gasteiger partial charge in [0.1, 0.15) is 42.3 Å². The Kier molecular flexibility index (Phi) is 18.6. The minimum Gasteiger partial charge on any atom is -0.480 e. The number of aliphatic hydroxyl groups is 3. The minimum atomic E-state index is -1.68. The summed E-state index contributed by atoms with van der Waals surface area (Å²) < 4.78 is 0. The summed E-state index contributed by atoms with van der Waals surface area (Å²) >= 11 is 0. The lowest BCUT2D eigenvalue weighted by Gasteiger charge is -2.27. The molecule has 1 rings (SSSR count). The van der Waals surface area contributed by atoms with Gasteiger partial charge in [-0.3, -0.25) is 33.6 Å². The fraction of sp³-hybridized carbons (Fsp3) is 0.667. The summed E-state index contributed by atoms with van der Waals surface area (Å²) in [5.41, 5.74) is 5.96. The van der Waals surface area contributed by atoms with Crippen molar-refractivity contribution in [3.63, 3.8) is 0 Å². The molecule has 0 aliphatic heterocycles. The van der Waals surface area contributed by atoms with E-state index in [2.05, 4.69) is 41.9 Å². The summed E-state index contributed by atoms with van der Waals surface area (Å²) in [5, 5.41) is 52.3.